The summed E-state index contributed by atoms with van der Waals surface area (Å²) in [5, 5.41) is 3.62. The first-order valence-corrected chi connectivity index (χ1v) is 9.33. The van der Waals surface area contributed by atoms with Gasteiger partial charge in [0.15, 0.2) is 11.5 Å². The summed E-state index contributed by atoms with van der Waals surface area (Å²) in [6.07, 6.45) is 2.19. The number of benzene rings is 1. The van der Waals surface area contributed by atoms with Crippen molar-refractivity contribution in [2.24, 2.45) is 0 Å². The molecule has 7 N–H and O–H groups in total. The van der Waals surface area contributed by atoms with Crippen LogP contribution >= 0.6 is 12.4 Å². The molecule has 1 aromatic carbocycles. The van der Waals surface area contributed by atoms with Crippen molar-refractivity contribution < 1.29 is 30.0 Å². The van der Waals surface area contributed by atoms with Gasteiger partial charge in [-0.25, -0.2) is 4.98 Å². The molecule has 0 bridgehead atoms. The summed E-state index contributed by atoms with van der Waals surface area (Å²) in [5.41, 5.74) is 6.81. The Bertz CT molecular complexity index is 850. The van der Waals surface area contributed by atoms with Crippen molar-refractivity contribution in [3.05, 3.63) is 12.1 Å². The van der Waals surface area contributed by atoms with Gasteiger partial charge in [0.1, 0.15) is 11.9 Å². The third kappa shape index (κ3) is 6.69. The molecule has 1 unspecified atom stereocenters. The van der Waals surface area contributed by atoms with Crippen LogP contribution in [0.15, 0.2) is 12.1 Å². The van der Waals surface area contributed by atoms with Crippen molar-refractivity contribution in [2.45, 2.75) is 25.4 Å². The van der Waals surface area contributed by atoms with E-state index >= 15 is 0 Å². The smallest absolute Gasteiger partial charge is 0.249 e. The van der Waals surface area contributed by atoms with E-state index in [1.165, 1.54) is 0 Å². The fraction of sp³-hybridized carbons (Fsp3) is 0.526. The number of halogens is 1. The predicted octanol–water partition coefficient (Wildman–Crippen LogP) is 0.123. The van der Waals surface area contributed by atoms with Crippen LogP contribution in [0.4, 0.5) is 11.8 Å². The number of aromatic nitrogens is 2. The second kappa shape index (κ2) is 13.0. The van der Waals surface area contributed by atoms with Crippen molar-refractivity contribution in [1.29, 1.82) is 0 Å². The van der Waals surface area contributed by atoms with Gasteiger partial charge in [-0.3, -0.25) is 4.79 Å². The quantitative estimate of drug-likeness (QED) is 0.521. The van der Waals surface area contributed by atoms with Crippen LogP contribution in [0.5, 0.6) is 11.5 Å². The molecular formula is C19H32ClN5O6. The van der Waals surface area contributed by atoms with Crippen LogP contribution in [0, 0.1) is 0 Å². The predicted molar refractivity (Wildman–Crippen MR) is 121 cm³/mol. The van der Waals surface area contributed by atoms with E-state index in [9.17, 15) is 4.79 Å². The van der Waals surface area contributed by atoms with E-state index < -0.39 is 0 Å². The van der Waals surface area contributed by atoms with Gasteiger partial charge in [0.25, 0.3) is 0 Å². The van der Waals surface area contributed by atoms with E-state index in [0.717, 1.165) is 19.3 Å². The number of nitrogens with one attached hydrogen (secondary N) is 1. The van der Waals surface area contributed by atoms with Gasteiger partial charge in [-0.05, 0) is 25.3 Å². The van der Waals surface area contributed by atoms with Crippen molar-refractivity contribution in [3.8, 4) is 11.5 Å². The highest BCUT2D eigenvalue weighted by atomic mass is 35.5. The number of methoxy groups -OCH3 is 2. The lowest BCUT2D eigenvalue weighted by atomic mass is 10.2. The van der Waals surface area contributed by atoms with E-state index in [2.05, 4.69) is 15.3 Å². The SMILES string of the molecule is COc1cc2nc(N(C)CCCNC(=O)C3CCCO3)nc(N)c2cc1OC.Cl.O.O. The topological polar surface area (TPSA) is 175 Å². The van der Waals surface area contributed by atoms with Crippen LogP contribution in [-0.4, -0.2) is 73.9 Å². The van der Waals surface area contributed by atoms with E-state index in [1.807, 2.05) is 11.9 Å². The zero-order valence-electron chi connectivity index (χ0n) is 17.9. The molecule has 31 heavy (non-hydrogen) atoms. The summed E-state index contributed by atoms with van der Waals surface area (Å²) in [5.74, 6) is 2.02. The normalized spacial score (nSPS) is 14.6. The standard InChI is InChI=1S/C19H27N5O4.ClH.2H2O/c1-24(8-5-7-21-18(25)14-6-4-9-28-14)19-22-13-11-16(27-3)15(26-2)10-12(13)17(20)23-19;;;/h10-11,14H,4-9H2,1-3H3,(H,21,25)(H2,20,22,23);1H;2*1H2. The Labute approximate surface area is 187 Å². The van der Waals surface area contributed by atoms with E-state index in [4.69, 9.17) is 19.9 Å². The van der Waals surface area contributed by atoms with Crippen molar-refractivity contribution in [2.75, 3.05) is 51.6 Å². The lowest BCUT2D eigenvalue weighted by molar-refractivity contribution is -0.130. The third-order valence-corrected chi connectivity index (χ3v) is 4.75. The molecule has 0 radical (unpaired) electrons. The molecule has 1 fully saturated rings. The fourth-order valence-electron chi connectivity index (χ4n) is 3.16. The first-order valence-electron chi connectivity index (χ1n) is 9.33. The number of hydrogen-bond donors (Lipinski definition) is 2. The largest absolute Gasteiger partial charge is 0.493 e. The Hall–Kier alpha value is -2.60. The second-order valence-corrected chi connectivity index (χ2v) is 6.70. The summed E-state index contributed by atoms with van der Waals surface area (Å²) < 4.78 is 16.0. The number of rotatable bonds is 8. The van der Waals surface area contributed by atoms with E-state index in [1.54, 1.807) is 26.4 Å². The van der Waals surface area contributed by atoms with Gasteiger partial charge in [-0.2, -0.15) is 4.98 Å². The van der Waals surface area contributed by atoms with Gasteiger partial charge >= 0.3 is 0 Å². The maximum atomic E-state index is 12.0. The molecule has 1 aliphatic rings. The van der Waals surface area contributed by atoms with Gasteiger partial charge in [0, 0.05) is 38.2 Å². The molecule has 11 nitrogen and oxygen atoms in total. The molecule has 1 saturated heterocycles. The van der Waals surface area contributed by atoms with Crippen LogP contribution in [-0.2, 0) is 9.53 Å². The molecule has 3 rings (SSSR count). The summed E-state index contributed by atoms with van der Waals surface area (Å²) in [6, 6.07) is 3.55. The zero-order chi connectivity index (χ0) is 20.1. The van der Waals surface area contributed by atoms with Crippen LogP contribution in [0.25, 0.3) is 10.9 Å². The monoisotopic (exact) mass is 461 g/mol. The Kier molecular flexibility index (Phi) is 11.9. The molecule has 2 heterocycles. The Morgan fingerprint density at radius 1 is 1.26 bits per heavy atom. The maximum absolute atomic E-state index is 12.0. The first kappa shape index (κ1) is 28.4. The Balaban J connectivity index is 0.00000300. The summed E-state index contributed by atoms with van der Waals surface area (Å²) in [7, 11) is 5.04. The van der Waals surface area contributed by atoms with Gasteiger partial charge in [-0.15, -0.1) is 12.4 Å². The van der Waals surface area contributed by atoms with Gasteiger partial charge in [0.05, 0.1) is 19.7 Å². The van der Waals surface area contributed by atoms with Crippen molar-refractivity contribution in [1.82, 2.24) is 15.3 Å². The molecule has 1 amide bonds. The lowest BCUT2D eigenvalue weighted by Gasteiger charge is -2.19. The van der Waals surface area contributed by atoms with Crippen molar-refractivity contribution in [3.63, 3.8) is 0 Å². The van der Waals surface area contributed by atoms with Crippen LogP contribution in [0.1, 0.15) is 19.3 Å². The molecule has 2 aromatic rings. The second-order valence-electron chi connectivity index (χ2n) is 6.70. The number of anilines is 2. The number of carbonyl (C=O) groups is 1. The maximum Gasteiger partial charge on any atom is 0.249 e. The molecule has 0 aliphatic carbocycles. The van der Waals surface area contributed by atoms with Gasteiger partial charge in [-0.1, -0.05) is 0 Å². The molecule has 176 valence electrons. The number of carbonyl (C=O) groups excluding carboxylic acids is 1. The number of fused-ring (bicyclic) bond motifs is 1. The number of nitrogens with zero attached hydrogens (tertiary/aromatic N) is 3. The minimum Gasteiger partial charge on any atom is -0.493 e. The zero-order valence-corrected chi connectivity index (χ0v) is 18.8. The molecule has 1 atom stereocenters. The molecule has 1 aromatic heterocycles. The molecule has 1 aliphatic heterocycles. The highest BCUT2D eigenvalue weighted by Gasteiger charge is 2.22. The molecular weight excluding hydrogens is 430 g/mol. The number of ether oxygens (including phenoxy) is 3. The highest BCUT2D eigenvalue weighted by Crippen LogP contribution is 2.33. The van der Waals surface area contributed by atoms with Gasteiger partial charge < -0.3 is 41.1 Å². The number of nitrogens with two attached hydrogens (primary N) is 1. The van der Waals surface area contributed by atoms with E-state index in [0.29, 0.717) is 53.9 Å². The third-order valence-electron chi connectivity index (χ3n) is 4.75. The number of nitrogen functional groups attached to an aromatic ring is 1. The minimum atomic E-state index is -0.298. The summed E-state index contributed by atoms with van der Waals surface area (Å²) in [4.78, 5) is 22.8. The Morgan fingerprint density at radius 3 is 2.55 bits per heavy atom. The van der Waals surface area contributed by atoms with Crippen LogP contribution in [0.2, 0.25) is 0 Å². The lowest BCUT2D eigenvalue weighted by Crippen LogP contribution is -2.36. The average Bonchev–Trinajstić information content (AvgIpc) is 3.24. The summed E-state index contributed by atoms with van der Waals surface area (Å²) >= 11 is 0. The van der Waals surface area contributed by atoms with Crippen LogP contribution < -0.4 is 25.4 Å². The first-order chi connectivity index (χ1) is 13.5. The Morgan fingerprint density at radius 2 is 1.94 bits per heavy atom. The number of hydrogen-bond acceptors (Lipinski definition) is 8. The molecule has 0 spiro atoms. The average molecular weight is 462 g/mol. The van der Waals surface area contributed by atoms with Gasteiger partial charge in [0.2, 0.25) is 11.9 Å². The minimum absolute atomic E-state index is 0. The molecule has 12 heteroatoms. The van der Waals surface area contributed by atoms with Crippen LogP contribution in [0.3, 0.4) is 0 Å². The van der Waals surface area contributed by atoms with E-state index in [-0.39, 0.29) is 35.4 Å². The highest BCUT2D eigenvalue weighted by molar-refractivity contribution is 5.91. The fourth-order valence-corrected chi connectivity index (χ4v) is 3.16. The summed E-state index contributed by atoms with van der Waals surface area (Å²) in [6.45, 7) is 1.90. The molecule has 0 saturated carbocycles. The van der Waals surface area contributed by atoms with Crippen molar-refractivity contribution >= 4 is 41.0 Å². The number of amides is 1.